The summed E-state index contributed by atoms with van der Waals surface area (Å²) in [6.07, 6.45) is 2.48. The second-order valence-electron chi connectivity index (χ2n) is 3.94. The monoisotopic (exact) mass is 307 g/mol. The zero-order valence-electron chi connectivity index (χ0n) is 9.73. The molecule has 0 atom stereocenters. The van der Waals surface area contributed by atoms with Gasteiger partial charge < -0.3 is 16.2 Å². The quantitative estimate of drug-likeness (QED) is 0.812. The number of hydrogen-bond acceptors (Lipinski definition) is 4. The van der Waals surface area contributed by atoms with Crippen molar-refractivity contribution in [1.82, 2.24) is 4.98 Å². The molecule has 5 heteroatoms. The molecule has 0 radical (unpaired) electrons. The highest BCUT2D eigenvalue weighted by molar-refractivity contribution is 9.10. The summed E-state index contributed by atoms with van der Waals surface area (Å²) in [5.41, 5.74) is 7.41. The van der Waals surface area contributed by atoms with E-state index in [1.54, 1.807) is 18.3 Å². The second kappa shape index (κ2) is 5.73. The smallest absolute Gasteiger partial charge is 0.140 e. The van der Waals surface area contributed by atoms with E-state index >= 15 is 0 Å². The van der Waals surface area contributed by atoms with Gasteiger partial charge in [0.2, 0.25) is 0 Å². The molecule has 1 aromatic carbocycles. The predicted octanol–water partition coefficient (Wildman–Crippen LogP) is 2.79. The first-order chi connectivity index (χ1) is 8.65. The average molecular weight is 308 g/mol. The van der Waals surface area contributed by atoms with Crippen molar-refractivity contribution in [2.45, 2.75) is 6.42 Å². The molecule has 0 aliphatic carbocycles. The van der Waals surface area contributed by atoms with Gasteiger partial charge in [0.25, 0.3) is 0 Å². The number of aromatic nitrogens is 1. The number of nitrogens with zero attached hydrogens (tertiary/aromatic N) is 1. The van der Waals surface area contributed by atoms with E-state index in [0.717, 1.165) is 28.8 Å². The molecule has 4 N–H and O–H groups in total. The van der Waals surface area contributed by atoms with Gasteiger partial charge in [0.1, 0.15) is 11.6 Å². The van der Waals surface area contributed by atoms with Crippen molar-refractivity contribution in [1.29, 1.82) is 0 Å². The van der Waals surface area contributed by atoms with Gasteiger partial charge in [-0.1, -0.05) is 12.1 Å². The lowest BCUT2D eigenvalue weighted by atomic mass is 10.1. The van der Waals surface area contributed by atoms with E-state index in [4.69, 9.17) is 5.73 Å². The molecule has 2 aromatic rings. The molecule has 0 amide bonds. The maximum absolute atomic E-state index is 9.18. The normalized spacial score (nSPS) is 10.3. The Morgan fingerprint density at radius 2 is 2.00 bits per heavy atom. The number of nitrogens with two attached hydrogens (primary N) is 1. The lowest BCUT2D eigenvalue weighted by Crippen LogP contribution is -2.07. The number of pyridine rings is 1. The van der Waals surface area contributed by atoms with Crippen LogP contribution in [0, 0.1) is 0 Å². The van der Waals surface area contributed by atoms with Crippen molar-refractivity contribution in [3.63, 3.8) is 0 Å². The molecule has 4 nitrogen and oxygen atoms in total. The van der Waals surface area contributed by atoms with Crippen molar-refractivity contribution in [3.05, 3.63) is 46.6 Å². The first kappa shape index (κ1) is 12.7. The standard InChI is InChI=1S/C13H14BrN3O/c14-12-7-10(15)8-17-13(12)16-6-5-9-1-3-11(18)4-2-9/h1-4,7-8,18H,5-6,15H2,(H,16,17). The van der Waals surface area contributed by atoms with Crippen molar-refractivity contribution >= 4 is 27.4 Å². The summed E-state index contributed by atoms with van der Waals surface area (Å²) in [5, 5.41) is 12.4. The molecule has 94 valence electrons. The summed E-state index contributed by atoms with van der Waals surface area (Å²) in [6.45, 7) is 0.764. The SMILES string of the molecule is Nc1cnc(NCCc2ccc(O)cc2)c(Br)c1. The molecule has 0 fully saturated rings. The Hall–Kier alpha value is -1.75. The number of hydrogen-bond donors (Lipinski definition) is 3. The molecular formula is C13H14BrN3O. The molecule has 0 saturated heterocycles. The third kappa shape index (κ3) is 3.37. The van der Waals surface area contributed by atoms with Gasteiger partial charge in [-0.25, -0.2) is 4.98 Å². The zero-order chi connectivity index (χ0) is 13.0. The van der Waals surface area contributed by atoms with Crippen molar-refractivity contribution in [3.8, 4) is 5.75 Å². The Morgan fingerprint density at radius 3 is 2.67 bits per heavy atom. The molecule has 0 aliphatic rings. The largest absolute Gasteiger partial charge is 0.508 e. The maximum Gasteiger partial charge on any atom is 0.140 e. The third-order valence-electron chi connectivity index (χ3n) is 2.50. The fraction of sp³-hybridized carbons (Fsp3) is 0.154. The highest BCUT2D eigenvalue weighted by Crippen LogP contribution is 2.21. The topological polar surface area (TPSA) is 71.2 Å². The number of halogens is 1. The first-order valence-corrected chi connectivity index (χ1v) is 6.37. The van der Waals surface area contributed by atoms with Gasteiger partial charge in [0.15, 0.2) is 0 Å². The Morgan fingerprint density at radius 1 is 1.28 bits per heavy atom. The van der Waals surface area contributed by atoms with E-state index in [1.807, 2.05) is 18.2 Å². The van der Waals surface area contributed by atoms with Crippen LogP contribution in [0.4, 0.5) is 11.5 Å². The number of aromatic hydroxyl groups is 1. The number of rotatable bonds is 4. The van der Waals surface area contributed by atoms with Crippen LogP contribution in [0.5, 0.6) is 5.75 Å². The second-order valence-corrected chi connectivity index (χ2v) is 4.80. The van der Waals surface area contributed by atoms with Crippen molar-refractivity contribution < 1.29 is 5.11 Å². The summed E-state index contributed by atoms with van der Waals surface area (Å²) < 4.78 is 0.855. The molecule has 0 aliphatic heterocycles. The lowest BCUT2D eigenvalue weighted by Gasteiger charge is -2.08. The van der Waals surface area contributed by atoms with Gasteiger partial charge in [-0.2, -0.15) is 0 Å². The molecule has 0 saturated carbocycles. The molecule has 18 heavy (non-hydrogen) atoms. The van der Waals surface area contributed by atoms with Gasteiger partial charge in [0.05, 0.1) is 16.4 Å². The number of phenolic OH excluding ortho intramolecular Hbond substituents is 1. The van der Waals surface area contributed by atoms with Gasteiger partial charge >= 0.3 is 0 Å². The Labute approximate surface area is 114 Å². The summed E-state index contributed by atoms with van der Waals surface area (Å²) in [4.78, 5) is 4.20. The Balaban J connectivity index is 1.90. The fourth-order valence-electron chi connectivity index (χ4n) is 1.57. The average Bonchev–Trinajstić information content (AvgIpc) is 2.34. The Kier molecular flexibility index (Phi) is 4.04. The summed E-state index contributed by atoms with van der Waals surface area (Å²) >= 11 is 3.41. The summed E-state index contributed by atoms with van der Waals surface area (Å²) in [7, 11) is 0. The van der Waals surface area contributed by atoms with Crippen LogP contribution >= 0.6 is 15.9 Å². The van der Waals surface area contributed by atoms with Crippen LogP contribution in [0.3, 0.4) is 0 Å². The van der Waals surface area contributed by atoms with E-state index in [-0.39, 0.29) is 5.75 Å². The molecule has 1 aromatic heterocycles. The highest BCUT2D eigenvalue weighted by atomic mass is 79.9. The minimum atomic E-state index is 0.287. The van der Waals surface area contributed by atoms with E-state index in [1.165, 1.54) is 0 Å². The molecule has 0 unspecified atom stereocenters. The molecular weight excluding hydrogens is 294 g/mol. The first-order valence-electron chi connectivity index (χ1n) is 5.58. The maximum atomic E-state index is 9.18. The van der Waals surface area contributed by atoms with Gasteiger partial charge in [0, 0.05) is 6.54 Å². The van der Waals surface area contributed by atoms with Crippen LogP contribution < -0.4 is 11.1 Å². The van der Waals surface area contributed by atoms with Crippen LogP contribution in [0.2, 0.25) is 0 Å². The number of nitrogens with one attached hydrogen (secondary N) is 1. The van der Waals surface area contributed by atoms with Crippen LogP contribution in [0.15, 0.2) is 41.0 Å². The number of nitrogen functional groups attached to an aromatic ring is 1. The van der Waals surface area contributed by atoms with E-state index < -0.39 is 0 Å². The molecule has 2 rings (SSSR count). The van der Waals surface area contributed by atoms with E-state index in [2.05, 4.69) is 26.2 Å². The van der Waals surface area contributed by atoms with Crippen LogP contribution in [-0.4, -0.2) is 16.6 Å². The van der Waals surface area contributed by atoms with Crippen molar-refractivity contribution in [2.24, 2.45) is 0 Å². The van der Waals surface area contributed by atoms with E-state index in [0.29, 0.717) is 5.69 Å². The summed E-state index contributed by atoms with van der Waals surface area (Å²) in [6, 6.07) is 9.00. The highest BCUT2D eigenvalue weighted by Gasteiger charge is 2.01. The molecule has 0 spiro atoms. The number of benzene rings is 1. The third-order valence-corrected chi connectivity index (χ3v) is 3.11. The number of anilines is 2. The number of phenols is 1. The predicted molar refractivity (Wildman–Crippen MR) is 76.6 cm³/mol. The fourth-order valence-corrected chi connectivity index (χ4v) is 2.08. The zero-order valence-corrected chi connectivity index (χ0v) is 11.3. The van der Waals surface area contributed by atoms with E-state index in [9.17, 15) is 5.11 Å². The van der Waals surface area contributed by atoms with Crippen molar-refractivity contribution in [2.75, 3.05) is 17.6 Å². The van der Waals surface area contributed by atoms with Crippen LogP contribution in [0.25, 0.3) is 0 Å². The minimum absolute atomic E-state index is 0.287. The lowest BCUT2D eigenvalue weighted by molar-refractivity contribution is 0.475. The van der Waals surface area contributed by atoms with Gasteiger partial charge in [-0.15, -0.1) is 0 Å². The van der Waals surface area contributed by atoms with Crippen LogP contribution in [-0.2, 0) is 6.42 Å². The van der Waals surface area contributed by atoms with Gasteiger partial charge in [-0.3, -0.25) is 0 Å². The van der Waals surface area contributed by atoms with Crippen LogP contribution in [0.1, 0.15) is 5.56 Å². The summed E-state index contributed by atoms with van der Waals surface area (Å²) in [5.74, 6) is 1.07. The molecule has 0 bridgehead atoms. The Bertz CT molecular complexity index is 528. The minimum Gasteiger partial charge on any atom is -0.508 e. The van der Waals surface area contributed by atoms with Gasteiger partial charge in [-0.05, 0) is 46.1 Å². The molecule has 1 heterocycles.